The molecule has 0 unspecified atom stereocenters. The molecule has 1 N–H and O–H groups in total. The summed E-state index contributed by atoms with van der Waals surface area (Å²) in [7, 11) is 0. The van der Waals surface area contributed by atoms with Gasteiger partial charge in [0.2, 0.25) is 0 Å². The number of benzene rings is 1. The van der Waals surface area contributed by atoms with Crippen LogP contribution in [0.1, 0.15) is 34.7 Å². The van der Waals surface area contributed by atoms with E-state index in [1.807, 2.05) is 13.8 Å². The fourth-order valence-corrected chi connectivity index (χ4v) is 2.89. The molecule has 2 amide bonds. The summed E-state index contributed by atoms with van der Waals surface area (Å²) in [4.78, 5) is 46.1. The van der Waals surface area contributed by atoms with Crippen molar-refractivity contribution in [1.82, 2.24) is 14.9 Å². The topological polar surface area (TPSA) is 101 Å². The molecule has 2 aromatic rings. The summed E-state index contributed by atoms with van der Waals surface area (Å²) in [6.07, 6.45) is 3.06. The van der Waals surface area contributed by atoms with Crippen LogP contribution in [0.15, 0.2) is 35.6 Å². The second-order valence-corrected chi connectivity index (χ2v) is 6.91. The number of nitrogens with one attached hydrogen (secondary N) is 1. The van der Waals surface area contributed by atoms with Crippen LogP contribution in [-0.4, -0.2) is 58.6 Å². The molecule has 0 atom stereocenters. The van der Waals surface area contributed by atoms with E-state index >= 15 is 0 Å². The fraction of sp³-hybridized carbons (Fsp3) is 0.316. The molecule has 0 fully saturated rings. The molecule has 8 nitrogen and oxygen atoms in total. The molecule has 10 heteroatoms. The van der Waals surface area contributed by atoms with Gasteiger partial charge in [0, 0.05) is 24.3 Å². The molecule has 0 spiro atoms. The summed E-state index contributed by atoms with van der Waals surface area (Å²) in [5.41, 5.74) is 0.908. The maximum atomic E-state index is 12.3. The number of thioether (sulfide) groups is 1. The Morgan fingerprint density at radius 1 is 1.17 bits per heavy atom. The predicted octanol–water partition coefficient (Wildman–Crippen LogP) is 3.13. The minimum absolute atomic E-state index is 0.0432. The lowest BCUT2D eigenvalue weighted by atomic mass is 10.2. The minimum Gasteiger partial charge on any atom is -0.451 e. The number of esters is 1. The van der Waals surface area contributed by atoms with E-state index in [9.17, 15) is 14.4 Å². The zero-order valence-electron chi connectivity index (χ0n) is 16.3. The molecular formula is C19H21ClN4O4S. The van der Waals surface area contributed by atoms with Crippen LogP contribution < -0.4 is 5.32 Å². The lowest BCUT2D eigenvalue weighted by Gasteiger charge is -2.18. The molecular weight excluding hydrogens is 416 g/mol. The molecule has 1 aromatic heterocycles. The predicted molar refractivity (Wildman–Crippen MR) is 111 cm³/mol. The van der Waals surface area contributed by atoms with Crippen LogP contribution in [0.5, 0.6) is 0 Å². The molecule has 0 saturated heterocycles. The Balaban J connectivity index is 1.92. The molecule has 1 aromatic carbocycles. The van der Waals surface area contributed by atoms with Crippen molar-refractivity contribution in [3.05, 3.63) is 46.7 Å². The smallest absolute Gasteiger partial charge is 0.359 e. The van der Waals surface area contributed by atoms with Crippen molar-refractivity contribution in [3.63, 3.8) is 0 Å². The highest BCUT2D eigenvalue weighted by atomic mass is 35.5. The minimum atomic E-state index is -0.817. The van der Waals surface area contributed by atoms with Gasteiger partial charge in [-0.3, -0.25) is 9.59 Å². The largest absolute Gasteiger partial charge is 0.451 e. The van der Waals surface area contributed by atoms with E-state index in [0.29, 0.717) is 29.5 Å². The first-order valence-corrected chi connectivity index (χ1v) is 10.4. The van der Waals surface area contributed by atoms with Gasteiger partial charge in [-0.05, 0) is 44.4 Å². The van der Waals surface area contributed by atoms with Crippen molar-refractivity contribution in [3.8, 4) is 0 Å². The van der Waals surface area contributed by atoms with Crippen LogP contribution in [0.25, 0.3) is 0 Å². The summed E-state index contributed by atoms with van der Waals surface area (Å²) in [5, 5.41) is 3.01. The van der Waals surface area contributed by atoms with E-state index < -0.39 is 18.5 Å². The summed E-state index contributed by atoms with van der Waals surface area (Å²) in [6, 6.07) is 6.49. The summed E-state index contributed by atoms with van der Waals surface area (Å²) < 4.78 is 4.97. The van der Waals surface area contributed by atoms with Gasteiger partial charge in [0.15, 0.2) is 17.5 Å². The first-order valence-electron chi connectivity index (χ1n) is 8.82. The molecule has 0 aliphatic rings. The third-order valence-corrected chi connectivity index (χ3v) is 4.74. The second kappa shape index (κ2) is 10.8. The molecule has 2 rings (SSSR count). The fourth-order valence-electron chi connectivity index (χ4n) is 2.38. The van der Waals surface area contributed by atoms with E-state index in [1.54, 1.807) is 35.4 Å². The van der Waals surface area contributed by atoms with Gasteiger partial charge >= 0.3 is 5.97 Å². The van der Waals surface area contributed by atoms with Gasteiger partial charge in [0.1, 0.15) is 0 Å². The van der Waals surface area contributed by atoms with Crippen molar-refractivity contribution in [2.24, 2.45) is 0 Å². The average molecular weight is 437 g/mol. The molecule has 0 saturated carbocycles. The molecule has 0 aliphatic carbocycles. The number of nitrogens with zero attached hydrogens (tertiary/aromatic N) is 3. The third-order valence-electron chi connectivity index (χ3n) is 3.90. The zero-order chi connectivity index (χ0) is 21.4. The van der Waals surface area contributed by atoms with Gasteiger partial charge in [0.05, 0.1) is 11.2 Å². The number of carbonyl (C=O) groups excluding carboxylic acids is 3. The van der Waals surface area contributed by atoms with Crippen LogP contribution in [0.4, 0.5) is 5.69 Å². The first kappa shape index (κ1) is 22.6. The number of halogens is 1. The van der Waals surface area contributed by atoms with Gasteiger partial charge in [-0.1, -0.05) is 23.4 Å². The molecule has 0 radical (unpaired) electrons. The number of amides is 2. The van der Waals surface area contributed by atoms with Crippen molar-refractivity contribution < 1.29 is 19.1 Å². The van der Waals surface area contributed by atoms with Crippen molar-refractivity contribution >= 4 is 46.8 Å². The normalized spacial score (nSPS) is 10.3. The Bertz CT molecular complexity index is 888. The number of aromatic nitrogens is 2. The van der Waals surface area contributed by atoms with Crippen LogP contribution in [0, 0.1) is 0 Å². The molecule has 0 bridgehead atoms. The number of ether oxygens (including phenoxy) is 1. The maximum Gasteiger partial charge on any atom is 0.359 e. The van der Waals surface area contributed by atoms with Crippen molar-refractivity contribution in [1.29, 1.82) is 0 Å². The van der Waals surface area contributed by atoms with Gasteiger partial charge in [-0.25, -0.2) is 14.8 Å². The van der Waals surface area contributed by atoms with Gasteiger partial charge in [0.25, 0.3) is 11.8 Å². The highest BCUT2D eigenvalue weighted by molar-refractivity contribution is 7.98. The van der Waals surface area contributed by atoms with Crippen LogP contribution in [0.3, 0.4) is 0 Å². The lowest BCUT2D eigenvalue weighted by Crippen LogP contribution is -2.30. The van der Waals surface area contributed by atoms with Crippen LogP contribution in [-0.2, 0) is 9.53 Å². The Labute approximate surface area is 178 Å². The SMILES string of the molecule is CCN(CC)C(=O)c1ccc(NC(=O)COC(=O)c2nc(SC)ncc2Cl)cc1. The van der Waals surface area contributed by atoms with Crippen molar-refractivity contribution in [2.45, 2.75) is 19.0 Å². The van der Waals surface area contributed by atoms with Crippen LogP contribution >= 0.6 is 23.4 Å². The van der Waals surface area contributed by atoms with Crippen LogP contribution in [0.2, 0.25) is 5.02 Å². The summed E-state index contributed by atoms with van der Waals surface area (Å²) in [6.45, 7) is 4.55. The Kier molecular flexibility index (Phi) is 8.41. The lowest BCUT2D eigenvalue weighted by molar-refractivity contribution is -0.119. The van der Waals surface area contributed by atoms with E-state index in [0.717, 1.165) is 0 Å². The number of rotatable bonds is 8. The monoisotopic (exact) mass is 436 g/mol. The molecule has 0 aliphatic heterocycles. The first-order chi connectivity index (χ1) is 13.9. The third kappa shape index (κ3) is 6.16. The highest BCUT2D eigenvalue weighted by Gasteiger charge is 2.17. The standard InChI is InChI=1S/C19H21ClN4O4S/c1-4-24(5-2)17(26)12-6-8-13(9-7-12)22-15(25)11-28-18(27)16-14(20)10-21-19(23-16)29-3/h6-10H,4-5,11H2,1-3H3,(H,22,25). The van der Waals surface area contributed by atoms with E-state index in [2.05, 4.69) is 15.3 Å². The highest BCUT2D eigenvalue weighted by Crippen LogP contribution is 2.17. The Morgan fingerprint density at radius 2 is 1.83 bits per heavy atom. The molecule has 29 heavy (non-hydrogen) atoms. The summed E-state index contributed by atoms with van der Waals surface area (Å²) in [5.74, 6) is -1.42. The Hall–Kier alpha value is -2.65. The summed E-state index contributed by atoms with van der Waals surface area (Å²) >= 11 is 7.16. The number of carbonyl (C=O) groups is 3. The number of hydrogen-bond donors (Lipinski definition) is 1. The molecule has 154 valence electrons. The van der Waals surface area contributed by atoms with Gasteiger partial charge < -0.3 is 15.0 Å². The Morgan fingerprint density at radius 3 is 2.41 bits per heavy atom. The average Bonchev–Trinajstić information content (AvgIpc) is 2.73. The van der Waals surface area contributed by atoms with Gasteiger partial charge in [-0.2, -0.15) is 0 Å². The molecule has 1 heterocycles. The quantitative estimate of drug-likeness (QED) is 0.385. The van der Waals surface area contributed by atoms with Crippen molar-refractivity contribution in [2.75, 3.05) is 31.3 Å². The van der Waals surface area contributed by atoms with E-state index in [1.165, 1.54) is 18.0 Å². The van der Waals surface area contributed by atoms with E-state index in [4.69, 9.17) is 16.3 Å². The number of anilines is 1. The second-order valence-electron chi connectivity index (χ2n) is 5.73. The number of hydrogen-bond acceptors (Lipinski definition) is 7. The van der Waals surface area contributed by atoms with E-state index in [-0.39, 0.29) is 16.6 Å². The maximum absolute atomic E-state index is 12.3. The zero-order valence-corrected chi connectivity index (χ0v) is 17.8. The van der Waals surface area contributed by atoms with Gasteiger partial charge in [-0.15, -0.1) is 0 Å².